The maximum absolute atomic E-state index is 11.9. The van der Waals surface area contributed by atoms with Crippen LogP contribution in [-0.4, -0.2) is 18.1 Å². The van der Waals surface area contributed by atoms with Crippen LogP contribution in [0.4, 0.5) is 5.69 Å². The van der Waals surface area contributed by atoms with Crippen molar-refractivity contribution in [2.45, 2.75) is 0 Å². The summed E-state index contributed by atoms with van der Waals surface area (Å²) < 4.78 is 4.82. The van der Waals surface area contributed by atoms with Crippen LogP contribution >= 0.6 is 0 Å². The lowest BCUT2D eigenvalue weighted by Gasteiger charge is -2.08. The third-order valence-corrected chi connectivity index (χ3v) is 4.31. The van der Waals surface area contributed by atoms with Crippen LogP contribution in [0.15, 0.2) is 60.7 Å². The number of aromatic amines is 1. The number of hydrogen-bond donors (Lipinski definition) is 2. The minimum absolute atomic E-state index is 0.378. The van der Waals surface area contributed by atoms with Crippen molar-refractivity contribution in [1.29, 1.82) is 0 Å². The summed E-state index contributed by atoms with van der Waals surface area (Å²) >= 11 is 0. The van der Waals surface area contributed by atoms with Gasteiger partial charge in [0.05, 0.1) is 18.2 Å². The summed E-state index contributed by atoms with van der Waals surface area (Å²) in [6, 6.07) is 19.8. The number of nitrogen functional groups attached to an aromatic ring is 1. The highest BCUT2D eigenvalue weighted by Gasteiger charge is 2.14. The van der Waals surface area contributed by atoms with Gasteiger partial charge < -0.3 is 15.5 Å². The monoisotopic (exact) mass is 316 g/mol. The number of carbonyl (C=O) groups is 1. The predicted molar refractivity (Wildman–Crippen MR) is 97.0 cm³/mol. The lowest BCUT2D eigenvalue weighted by atomic mass is 9.99. The summed E-state index contributed by atoms with van der Waals surface area (Å²) in [5.74, 6) is -0.432. The summed E-state index contributed by atoms with van der Waals surface area (Å²) in [6.07, 6.45) is 0. The summed E-state index contributed by atoms with van der Waals surface area (Å²) in [4.78, 5) is 15.4. The Hall–Kier alpha value is -3.27. The van der Waals surface area contributed by atoms with Crippen LogP contribution in [-0.2, 0) is 4.74 Å². The summed E-state index contributed by atoms with van der Waals surface area (Å²) in [5.41, 5.74) is 10.8. The van der Waals surface area contributed by atoms with Gasteiger partial charge in [-0.15, -0.1) is 0 Å². The second-order valence-corrected chi connectivity index (χ2v) is 5.69. The molecule has 0 aliphatic rings. The fourth-order valence-corrected chi connectivity index (χ4v) is 3.12. The Bertz CT molecular complexity index is 1080. The number of para-hydroxylation sites is 2. The molecule has 1 aromatic heterocycles. The topological polar surface area (TPSA) is 68.1 Å². The van der Waals surface area contributed by atoms with Crippen molar-refractivity contribution in [1.82, 2.24) is 4.98 Å². The Morgan fingerprint density at radius 2 is 1.79 bits per heavy atom. The first-order chi connectivity index (χ1) is 11.7. The zero-order chi connectivity index (χ0) is 16.7. The number of H-pyrrole nitrogens is 1. The molecule has 0 fully saturated rings. The minimum Gasteiger partial charge on any atom is -0.465 e. The number of esters is 1. The highest BCUT2D eigenvalue weighted by Crippen LogP contribution is 2.34. The predicted octanol–water partition coefficient (Wildman–Crippen LogP) is 4.36. The van der Waals surface area contributed by atoms with E-state index in [1.165, 1.54) is 12.5 Å². The summed E-state index contributed by atoms with van der Waals surface area (Å²) in [6.45, 7) is 0. The molecule has 0 aliphatic carbocycles. The highest BCUT2D eigenvalue weighted by atomic mass is 16.5. The van der Waals surface area contributed by atoms with Crippen LogP contribution in [0, 0.1) is 0 Å². The Labute approximate surface area is 138 Å². The second kappa shape index (κ2) is 5.42. The smallest absolute Gasteiger partial charge is 0.339 e. The molecule has 4 rings (SSSR count). The second-order valence-electron chi connectivity index (χ2n) is 5.69. The largest absolute Gasteiger partial charge is 0.465 e. The first kappa shape index (κ1) is 14.3. The van der Waals surface area contributed by atoms with Gasteiger partial charge in [-0.1, -0.05) is 42.5 Å². The van der Waals surface area contributed by atoms with Crippen molar-refractivity contribution in [2.24, 2.45) is 0 Å². The van der Waals surface area contributed by atoms with E-state index >= 15 is 0 Å². The third-order valence-electron chi connectivity index (χ3n) is 4.31. The lowest BCUT2D eigenvalue weighted by Crippen LogP contribution is -2.05. The van der Waals surface area contributed by atoms with Crippen molar-refractivity contribution in [3.05, 3.63) is 66.2 Å². The summed E-state index contributed by atoms with van der Waals surface area (Å²) in [7, 11) is 1.35. The van der Waals surface area contributed by atoms with Crippen molar-refractivity contribution >= 4 is 33.5 Å². The number of rotatable bonds is 2. The molecular formula is C20H16N2O2. The molecule has 118 valence electrons. The van der Waals surface area contributed by atoms with E-state index in [9.17, 15) is 4.79 Å². The SMILES string of the molecule is COC(=O)c1cc(-c2cccc3c2[nH]c2ccccc23)ccc1N. The zero-order valence-corrected chi connectivity index (χ0v) is 13.2. The fraction of sp³-hybridized carbons (Fsp3) is 0.0500. The van der Waals surface area contributed by atoms with Crippen molar-refractivity contribution in [3.63, 3.8) is 0 Å². The minimum atomic E-state index is -0.432. The van der Waals surface area contributed by atoms with Crippen LogP contribution in [0.25, 0.3) is 32.9 Å². The van der Waals surface area contributed by atoms with Gasteiger partial charge in [-0.05, 0) is 23.8 Å². The lowest BCUT2D eigenvalue weighted by molar-refractivity contribution is 0.0602. The van der Waals surface area contributed by atoms with E-state index in [4.69, 9.17) is 10.5 Å². The molecule has 0 aliphatic heterocycles. The van der Waals surface area contributed by atoms with Crippen LogP contribution in [0.3, 0.4) is 0 Å². The molecule has 1 heterocycles. The number of fused-ring (bicyclic) bond motifs is 3. The van der Waals surface area contributed by atoms with Gasteiger partial charge in [0, 0.05) is 27.5 Å². The number of aromatic nitrogens is 1. The van der Waals surface area contributed by atoms with E-state index in [1.54, 1.807) is 12.1 Å². The van der Waals surface area contributed by atoms with Gasteiger partial charge in [-0.25, -0.2) is 4.79 Å². The molecule has 0 spiro atoms. The normalized spacial score (nSPS) is 11.0. The third kappa shape index (κ3) is 2.12. The molecule has 0 bridgehead atoms. The molecule has 4 heteroatoms. The van der Waals surface area contributed by atoms with E-state index in [2.05, 4.69) is 23.2 Å². The van der Waals surface area contributed by atoms with E-state index in [0.29, 0.717) is 11.3 Å². The Balaban J connectivity index is 1.98. The van der Waals surface area contributed by atoms with E-state index < -0.39 is 5.97 Å². The number of nitrogens with one attached hydrogen (secondary N) is 1. The first-order valence-corrected chi connectivity index (χ1v) is 7.66. The quantitative estimate of drug-likeness (QED) is 0.426. The molecule has 0 saturated carbocycles. The number of carbonyl (C=O) groups excluding carboxylic acids is 1. The molecule has 0 amide bonds. The van der Waals surface area contributed by atoms with Gasteiger partial charge in [-0.3, -0.25) is 0 Å². The van der Waals surface area contributed by atoms with Gasteiger partial charge in [0.15, 0.2) is 0 Å². The molecular weight excluding hydrogens is 300 g/mol. The Kier molecular flexibility index (Phi) is 3.24. The maximum atomic E-state index is 11.9. The molecule has 0 atom stereocenters. The van der Waals surface area contributed by atoms with E-state index in [-0.39, 0.29) is 0 Å². The fourth-order valence-electron chi connectivity index (χ4n) is 3.12. The van der Waals surface area contributed by atoms with E-state index in [0.717, 1.165) is 27.5 Å². The van der Waals surface area contributed by atoms with Crippen molar-refractivity contribution < 1.29 is 9.53 Å². The Morgan fingerprint density at radius 3 is 2.62 bits per heavy atom. The molecule has 3 aromatic carbocycles. The molecule has 4 nitrogen and oxygen atoms in total. The number of ether oxygens (including phenoxy) is 1. The van der Waals surface area contributed by atoms with Crippen molar-refractivity contribution in [2.75, 3.05) is 12.8 Å². The van der Waals surface area contributed by atoms with Crippen LogP contribution in [0.1, 0.15) is 10.4 Å². The Morgan fingerprint density at radius 1 is 1.00 bits per heavy atom. The van der Waals surface area contributed by atoms with Crippen molar-refractivity contribution in [3.8, 4) is 11.1 Å². The number of methoxy groups -OCH3 is 1. The average Bonchev–Trinajstić information content (AvgIpc) is 3.00. The number of anilines is 1. The standard InChI is InChI=1S/C20H16N2O2/c1-24-20(23)16-11-12(9-10-17(16)21)13-6-4-7-15-14-5-2-3-8-18(14)22-19(13)15/h2-11,22H,21H2,1H3. The van der Waals surface area contributed by atoms with Gasteiger partial charge in [-0.2, -0.15) is 0 Å². The first-order valence-electron chi connectivity index (χ1n) is 7.66. The van der Waals surface area contributed by atoms with Gasteiger partial charge in [0.1, 0.15) is 0 Å². The highest BCUT2D eigenvalue weighted by molar-refractivity contribution is 6.12. The molecule has 3 N–H and O–H groups in total. The number of hydrogen-bond acceptors (Lipinski definition) is 3. The maximum Gasteiger partial charge on any atom is 0.339 e. The number of benzene rings is 3. The zero-order valence-electron chi connectivity index (χ0n) is 13.2. The van der Waals surface area contributed by atoms with E-state index in [1.807, 2.05) is 30.3 Å². The molecule has 24 heavy (non-hydrogen) atoms. The van der Waals surface area contributed by atoms with Gasteiger partial charge >= 0.3 is 5.97 Å². The summed E-state index contributed by atoms with van der Waals surface area (Å²) in [5, 5.41) is 2.33. The van der Waals surface area contributed by atoms with Crippen LogP contribution in [0.5, 0.6) is 0 Å². The van der Waals surface area contributed by atoms with Gasteiger partial charge in [0.25, 0.3) is 0 Å². The van der Waals surface area contributed by atoms with Crippen LogP contribution in [0.2, 0.25) is 0 Å². The average molecular weight is 316 g/mol. The molecule has 0 unspecified atom stereocenters. The van der Waals surface area contributed by atoms with Crippen LogP contribution < -0.4 is 5.73 Å². The molecule has 0 saturated heterocycles. The molecule has 4 aromatic rings. The molecule has 0 radical (unpaired) electrons. The van der Waals surface area contributed by atoms with Gasteiger partial charge in [0.2, 0.25) is 0 Å². The number of nitrogens with two attached hydrogens (primary N) is 1.